The monoisotopic (exact) mass is 290 g/mol. The Bertz CT molecular complexity index is 526. The van der Waals surface area contributed by atoms with Crippen LogP contribution in [0.15, 0.2) is 18.2 Å². The third-order valence-electron chi connectivity index (χ3n) is 3.30. The SMILES string of the molecule is CC(C)OCCCCNC(=O)c1ccc2c(c1)CC(=O)N2. The van der Waals surface area contributed by atoms with Gasteiger partial charge in [0.1, 0.15) is 0 Å². The maximum atomic E-state index is 12.0. The van der Waals surface area contributed by atoms with Crippen LogP contribution in [0.25, 0.3) is 0 Å². The van der Waals surface area contributed by atoms with E-state index in [0.29, 0.717) is 18.5 Å². The Hall–Kier alpha value is -1.88. The molecule has 0 fully saturated rings. The maximum Gasteiger partial charge on any atom is 0.251 e. The molecule has 21 heavy (non-hydrogen) atoms. The van der Waals surface area contributed by atoms with Crippen molar-refractivity contribution in [2.24, 2.45) is 0 Å². The molecule has 2 amide bonds. The third-order valence-corrected chi connectivity index (χ3v) is 3.30. The van der Waals surface area contributed by atoms with E-state index in [4.69, 9.17) is 4.74 Å². The molecule has 5 nitrogen and oxygen atoms in total. The summed E-state index contributed by atoms with van der Waals surface area (Å²) < 4.78 is 5.44. The normalized spacial score (nSPS) is 13.2. The van der Waals surface area contributed by atoms with Gasteiger partial charge in [-0.05, 0) is 50.5 Å². The summed E-state index contributed by atoms with van der Waals surface area (Å²) in [7, 11) is 0. The number of hydrogen-bond acceptors (Lipinski definition) is 3. The third kappa shape index (κ3) is 4.56. The lowest BCUT2D eigenvalue weighted by Gasteiger charge is -2.08. The van der Waals surface area contributed by atoms with Crippen LogP contribution in [-0.2, 0) is 16.0 Å². The van der Waals surface area contributed by atoms with Crippen LogP contribution < -0.4 is 10.6 Å². The van der Waals surface area contributed by atoms with Crippen LogP contribution in [-0.4, -0.2) is 31.1 Å². The Morgan fingerprint density at radius 1 is 1.38 bits per heavy atom. The molecule has 0 radical (unpaired) electrons. The predicted molar refractivity (Wildman–Crippen MR) is 81.4 cm³/mol. The minimum absolute atomic E-state index is 0.0206. The van der Waals surface area contributed by atoms with Crippen LogP contribution in [0.2, 0.25) is 0 Å². The first kappa shape index (κ1) is 15.5. The van der Waals surface area contributed by atoms with E-state index < -0.39 is 0 Å². The molecule has 2 rings (SSSR count). The summed E-state index contributed by atoms with van der Waals surface area (Å²) in [5.74, 6) is -0.116. The van der Waals surface area contributed by atoms with E-state index in [1.54, 1.807) is 18.2 Å². The van der Waals surface area contributed by atoms with Gasteiger partial charge < -0.3 is 15.4 Å². The van der Waals surface area contributed by atoms with Crippen molar-refractivity contribution in [3.8, 4) is 0 Å². The molecule has 0 spiro atoms. The summed E-state index contributed by atoms with van der Waals surface area (Å²) in [5.41, 5.74) is 2.30. The van der Waals surface area contributed by atoms with Crippen molar-refractivity contribution in [2.75, 3.05) is 18.5 Å². The van der Waals surface area contributed by atoms with Crippen LogP contribution in [0.3, 0.4) is 0 Å². The molecule has 1 aromatic rings. The zero-order valence-electron chi connectivity index (χ0n) is 12.6. The van der Waals surface area contributed by atoms with Gasteiger partial charge in [-0.3, -0.25) is 9.59 Å². The summed E-state index contributed by atoms with van der Waals surface area (Å²) in [6.07, 6.45) is 2.43. The number of carbonyl (C=O) groups is 2. The van der Waals surface area contributed by atoms with Crippen molar-refractivity contribution in [1.29, 1.82) is 0 Å². The Morgan fingerprint density at radius 3 is 2.95 bits per heavy atom. The van der Waals surface area contributed by atoms with Crippen LogP contribution in [0, 0.1) is 0 Å². The number of carbonyl (C=O) groups excluding carboxylic acids is 2. The zero-order valence-corrected chi connectivity index (χ0v) is 12.6. The maximum absolute atomic E-state index is 12.0. The van der Waals surface area contributed by atoms with E-state index in [9.17, 15) is 9.59 Å². The van der Waals surface area contributed by atoms with Gasteiger partial charge in [0.25, 0.3) is 5.91 Å². The topological polar surface area (TPSA) is 67.4 Å². The lowest BCUT2D eigenvalue weighted by molar-refractivity contribution is -0.115. The van der Waals surface area contributed by atoms with Crippen molar-refractivity contribution >= 4 is 17.5 Å². The Labute approximate surface area is 125 Å². The lowest BCUT2D eigenvalue weighted by Crippen LogP contribution is -2.24. The molecular weight excluding hydrogens is 268 g/mol. The predicted octanol–water partition coefficient (Wildman–Crippen LogP) is 2.12. The molecule has 1 aliphatic heterocycles. The zero-order chi connectivity index (χ0) is 15.2. The standard InChI is InChI=1S/C16H22N2O3/c1-11(2)21-8-4-3-7-17-16(20)12-5-6-14-13(9-12)10-15(19)18-14/h5-6,9,11H,3-4,7-8,10H2,1-2H3,(H,17,20)(H,18,19). The first-order valence-electron chi connectivity index (χ1n) is 7.39. The van der Waals surface area contributed by atoms with E-state index >= 15 is 0 Å². The summed E-state index contributed by atoms with van der Waals surface area (Å²) in [6.45, 7) is 5.37. The van der Waals surface area contributed by atoms with Crippen molar-refractivity contribution in [2.45, 2.75) is 39.2 Å². The molecule has 0 saturated carbocycles. The van der Waals surface area contributed by atoms with Gasteiger partial charge in [0, 0.05) is 24.4 Å². The van der Waals surface area contributed by atoms with Gasteiger partial charge in [-0.1, -0.05) is 0 Å². The summed E-state index contributed by atoms with van der Waals surface area (Å²) in [4.78, 5) is 23.3. The van der Waals surface area contributed by atoms with Gasteiger partial charge >= 0.3 is 0 Å². The van der Waals surface area contributed by atoms with Gasteiger partial charge in [0.05, 0.1) is 12.5 Å². The number of amides is 2. The molecule has 0 aromatic heterocycles. The number of rotatable bonds is 7. The van der Waals surface area contributed by atoms with Crippen molar-refractivity contribution < 1.29 is 14.3 Å². The highest BCUT2D eigenvalue weighted by atomic mass is 16.5. The lowest BCUT2D eigenvalue weighted by atomic mass is 10.1. The quantitative estimate of drug-likeness (QED) is 0.756. The number of hydrogen-bond donors (Lipinski definition) is 2. The molecular formula is C16H22N2O3. The Balaban J connectivity index is 1.74. The Kier molecular flexibility index (Phi) is 5.33. The van der Waals surface area contributed by atoms with Gasteiger partial charge in [0.15, 0.2) is 0 Å². The van der Waals surface area contributed by atoms with Crippen LogP contribution in [0.4, 0.5) is 5.69 Å². The van der Waals surface area contributed by atoms with Crippen molar-refractivity contribution in [3.63, 3.8) is 0 Å². The minimum atomic E-state index is -0.0954. The second kappa shape index (κ2) is 7.22. The molecule has 0 aliphatic carbocycles. The second-order valence-corrected chi connectivity index (χ2v) is 5.48. The van der Waals surface area contributed by atoms with Crippen molar-refractivity contribution in [1.82, 2.24) is 5.32 Å². The molecule has 5 heteroatoms. The number of ether oxygens (including phenoxy) is 1. The van der Waals surface area contributed by atoms with E-state index in [-0.39, 0.29) is 17.9 Å². The highest BCUT2D eigenvalue weighted by molar-refractivity contribution is 6.01. The summed E-state index contributed by atoms with van der Waals surface area (Å²) >= 11 is 0. The fourth-order valence-corrected chi connectivity index (χ4v) is 2.22. The van der Waals surface area contributed by atoms with Gasteiger partial charge in [-0.25, -0.2) is 0 Å². The van der Waals surface area contributed by atoms with E-state index in [2.05, 4.69) is 10.6 Å². The fourth-order valence-electron chi connectivity index (χ4n) is 2.22. The van der Waals surface area contributed by atoms with Crippen LogP contribution in [0.1, 0.15) is 42.6 Å². The average molecular weight is 290 g/mol. The summed E-state index contributed by atoms with van der Waals surface area (Å²) in [5, 5.41) is 5.64. The second-order valence-electron chi connectivity index (χ2n) is 5.48. The number of benzene rings is 1. The number of nitrogens with one attached hydrogen (secondary N) is 2. The van der Waals surface area contributed by atoms with Gasteiger partial charge in [-0.15, -0.1) is 0 Å². The number of unbranched alkanes of at least 4 members (excludes halogenated alkanes) is 1. The van der Waals surface area contributed by atoms with Crippen LogP contribution >= 0.6 is 0 Å². The molecule has 0 atom stereocenters. The molecule has 0 bridgehead atoms. The molecule has 114 valence electrons. The minimum Gasteiger partial charge on any atom is -0.379 e. The molecule has 0 unspecified atom stereocenters. The number of fused-ring (bicyclic) bond motifs is 1. The van der Waals surface area contributed by atoms with E-state index in [1.807, 2.05) is 13.8 Å². The highest BCUT2D eigenvalue weighted by Crippen LogP contribution is 2.23. The summed E-state index contributed by atoms with van der Waals surface area (Å²) in [6, 6.07) is 5.30. The van der Waals surface area contributed by atoms with Gasteiger partial charge in [-0.2, -0.15) is 0 Å². The molecule has 1 aliphatic rings. The fraction of sp³-hybridized carbons (Fsp3) is 0.500. The number of anilines is 1. The molecule has 2 N–H and O–H groups in total. The Morgan fingerprint density at radius 2 is 2.19 bits per heavy atom. The first-order valence-corrected chi connectivity index (χ1v) is 7.39. The highest BCUT2D eigenvalue weighted by Gasteiger charge is 2.18. The van der Waals surface area contributed by atoms with Crippen LogP contribution in [0.5, 0.6) is 0 Å². The largest absolute Gasteiger partial charge is 0.379 e. The molecule has 1 aromatic carbocycles. The van der Waals surface area contributed by atoms with E-state index in [1.165, 1.54) is 0 Å². The first-order chi connectivity index (χ1) is 10.1. The van der Waals surface area contributed by atoms with E-state index in [0.717, 1.165) is 30.7 Å². The molecule has 0 saturated heterocycles. The average Bonchev–Trinajstić information content (AvgIpc) is 2.81. The smallest absolute Gasteiger partial charge is 0.251 e. The van der Waals surface area contributed by atoms with Crippen molar-refractivity contribution in [3.05, 3.63) is 29.3 Å². The molecule has 1 heterocycles. The van der Waals surface area contributed by atoms with Gasteiger partial charge in [0.2, 0.25) is 5.91 Å².